The Morgan fingerprint density at radius 3 is 0.955 bits per heavy atom. The van der Waals surface area contributed by atoms with E-state index in [-0.39, 0.29) is 24.0 Å². The molecule has 1 saturated heterocycles. The third kappa shape index (κ3) is 14.1. The molecule has 1 aliphatic heterocycles. The van der Waals surface area contributed by atoms with Gasteiger partial charge in [-0.1, -0.05) is 0 Å². The molecule has 0 aromatic heterocycles. The van der Waals surface area contributed by atoms with E-state index in [1.807, 2.05) is 0 Å². The summed E-state index contributed by atoms with van der Waals surface area (Å²) in [7, 11) is -11.7. The van der Waals surface area contributed by atoms with Crippen LogP contribution >= 0.6 is 35.7 Å². The van der Waals surface area contributed by atoms with Crippen LogP contribution in [0.4, 0.5) is 26.3 Å². The Hall–Kier alpha value is 0.480. The summed E-state index contributed by atoms with van der Waals surface area (Å²) >= 11 is 2.07. The Morgan fingerprint density at radius 2 is 0.909 bits per heavy atom. The minimum absolute atomic E-state index is 0. The summed E-state index contributed by atoms with van der Waals surface area (Å²) in [6.45, 7) is 0. The molecular formula is C6H11F6IO6S3. The van der Waals surface area contributed by atoms with Crippen molar-refractivity contribution in [3.8, 4) is 0 Å². The summed E-state index contributed by atoms with van der Waals surface area (Å²) in [5.74, 6) is 2.83. The zero-order valence-corrected chi connectivity index (χ0v) is 15.0. The zero-order chi connectivity index (χ0) is 17.5. The van der Waals surface area contributed by atoms with Gasteiger partial charge in [0.2, 0.25) is 0 Å². The van der Waals surface area contributed by atoms with Gasteiger partial charge in [-0.3, -0.25) is 9.11 Å². The number of hydrogen-bond donors (Lipinski definition) is 2. The largest absolute Gasteiger partial charge is 0.522 e. The van der Waals surface area contributed by atoms with Crippen molar-refractivity contribution < 1.29 is 52.3 Å². The van der Waals surface area contributed by atoms with Crippen LogP contribution in [-0.4, -0.2) is 48.5 Å². The highest BCUT2D eigenvalue weighted by Crippen LogP contribution is 2.21. The first kappa shape index (κ1) is 27.3. The molecule has 1 rings (SSSR count). The molecule has 138 valence electrons. The molecule has 6 nitrogen and oxygen atoms in total. The van der Waals surface area contributed by atoms with Crippen molar-refractivity contribution in [2.24, 2.45) is 0 Å². The maximum atomic E-state index is 10.7. The minimum Gasteiger partial charge on any atom is -0.279 e. The zero-order valence-electron chi connectivity index (χ0n) is 10.3. The molecule has 0 saturated carbocycles. The van der Waals surface area contributed by atoms with E-state index in [1.54, 1.807) is 0 Å². The number of hydrogen-bond acceptors (Lipinski definition) is 5. The van der Waals surface area contributed by atoms with Crippen molar-refractivity contribution in [2.45, 2.75) is 23.9 Å². The van der Waals surface area contributed by atoms with Crippen LogP contribution in [0.25, 0.3) is 0 Å². The van der Waals surface area contributed by atoms with E-state index < -0.39 is 31.3 Å². The Bertz CT molecular complexity index is 444. The van der Waals surface area contributed by atoms with E-state index in [2.05, 4.69) is 11.8 Å². The maximum absolute atomic E-state index is 10.7. The monoisotopic (exact) mass is 516 g/mol. The van der Waals surface area contributed by atoms with Gasteiger partial charge < -0.3 is 0 Å². The molecule has 1 aliphatic rings. The molecule has 2 N–H and O–H groups in total. The Labute approximate surface area is 143 Å². The highest BCUT2D eigenvalue weighted by molar-refractivity contribution is 14.0. The second-order valence-electron chi connectivity index (χ2n) is 3.16. The van der Waals surface area contributed by atoms with Crippen molar-refractivity contribution in [2.75, 3.05) is 11.5 Å². The number of rotatable bonds is 0. The molecule has 1 fully saturated rings. The van der Waals surface area contributed by atoms with Gasteiger partial charge in [-0.05, 0) is 24.3 Å². The van der Waals surface area contributed by atoms with Crippen LogP contribution in [0.5, 0.6) is 0 Å². The lowest BCUT2D eigenvalue weighted by Crippen LogP contribution is -2.21. The molecule has 0 atom stereocenters. The van der Waals surface area contributed by atoms with Crippen molar-refractivity contribution >= 4 is 56.0 Å². The van der Waals surface area contributed by atoms with Crippen molar-refractivity contribution in [3.63, 3.8) is 0 Å². The predicted octanol–water partition coefficient (Wildman–Crippen LogP) is 2.92. The van der Waals surface area contributed by atoms with Gasteiger partial charge in [0.1, 0.15) is 0 Å². The van der Waals surface area contributed by atoms with E-state index in [0.717, 1.165) is 0 Å². The van der Waals surface area contributed by atoms with Gasteiger partial charge >= 0.3 is 31.3 Å². The summed E-state index contributed by atoms with van der Waals surface area (Å²) in [5, 5.41) is 0. The van der Waals surface area contributed by atoms with Gasteiger partial charge in [0, 0.05) is 0 Å². The fourth-order valence-electron chi connectivity index (χ4n) is 0.510. The summed E-state index contributed by atoms with van der Waals surface area (Å²) in [6.07, 6.45) is 2.93. The predicted molar refractivity (Wildman–Crippen MR) is 77.2 cm³/mol. The number of alkyl halides is 6. The lowest BCUT2D eigenvalue weighted by molar-refractivity contribution is -0.0514. The van der Waals surface area contributed by atoms with Crippen LogP contribution in [-0.2, 0) is 20.2 Å². The molecule has 16 heteroatoms. The molecule has 0 spiro atoms. The molecule has 0 bridgehead atoms. The number of thioether (sulfide) groups is 1. The summed E-state index contributed by atoms with van der Waals surface area (Å²) < 4.78 is 115. The molecular weight excluding hydrogens is 505 g/mol. The van der Waals surface area contributed by atoms with Gasteiger partial charge in [-0.15, -0.1) is 24.0 Å². The Morgan fingerprint density at radius 1 is 0.727 bits per heavy atom. The third-order valence-electron chi connectivity index (χ3n) is 1.41. The first-order chi connectivity index (χ1) is 9.00. The van der Waals surface area contributed by atoms with E-state index >= 15 is 0 Å². The first-order valence-electron chi connectivity index (χ1n) is 4.65. The van der Waals surface area contributed by atoms with Gasteiger partial charge in [0.25, 0.3) is 0 Å². The lowest BCUT2D eigenvalue weighted by atomic mass is 10.4. The highest BCUT2D eigenvalue weighted by atomic mass is 127. The standard InChI is InChI=1S/C4H8S.2CHF3O3S.HI/c1-2-4-5-3-1;2*2-1(3,4)8(5,6)7;/h1-4H2;2*(H,5,6,7);1H. The fourth-order valence-corrected chi connectivity index (χ4v) is 1.53. The van der Waals surface area contributed by atoms with E-state index in [4.69, 9.17) is 25.9 Å². The SMILES string of the molecule is C1CCSC1.I.O=S(=O)(O)C(F)(F)F.O=S(=O)(O)C(F)(F)F. The van der Waals surface area contributed by atoms with Gasteiger partial charge in [0.05, 0.1) is 0 Å². The maximum Gasteiger partial charge on any atom is 0.522 e. The molecule has 0 amide bonds. The molecule has 0 unspecified atom stereocenters. The van der Waals surface area contributed by atoms with Gasteiger partial charge in [0.15, 0.2) is 0 Å². The average Bonchev–Trinajstić information content (AvgIpc) is 2.68. The third-order valence-corrected chi connectivity index (χ3v) is 3.74. The quantitative estimate of drug-likeness (QED) is 0.221. The van der Waals surface area contributed by atoms with Crippen molar-refractivity contribution in [1.82, 2.24) is 0 Å². The molecule has 0 aromatic carbocycles. The first-order valence-corrected chi connectivity index (χ1v) is 8.69. The summed E-state index contributed by atoms with van der Waals surface area (Å²) in [5.41, 5.74) is -11.1. The number of halogens is 7. The molecule has 0 aliphatic carbocycles. The van der Waals surface area contributed by atoms with Crippen LogP contribution in [0, 0.1) is 0 Å². The second-order valence-corrected chi connectivity index (χ2v) is 7.21. The smallest absolute Gasteiger partial charge is 0.279 e. The van der Waals surface area contributed by atoms with E-state index in [0.29, 0.717) is 0 Å². The normalized spacial score (nSPS) is 15.6. The molecule has 0 aromatic rings. The molecule has 22 heavy (non-hydrogen) atoms. The van der Waals surface area contributed by atoms with E-state index in [9.17, 15) is 26.3 Å². The van der Waals surface area contributed by atoms with Crippen molar-refractivity contribution in [3.05, 3.63) is 0 Å². The molecule has 1 heterocycles. The Kier molecular flexibility index (Phi) is 12.9. The van der Waals surface area contributed by atoms with Crippen molar-refractivity contribution in [1.29, 1.82) is 0 Å². The van der Waals surface area contributed by atoms with E-state index in [1.165, 1.54) is 24.3 Å². The summed E-state index contributed by atoms with van der Waals surface area (Å²) in [6, 6.07) is 0. The highest BCUT2D eigenvalue weighted by Gasteiger charge is 2.45. The van der Waals surface area contributed by atoms with Crippen LogP contribution < -0.4 is 0 Å². The second kappa shape index (κ2) is 10.4. The summed E-state index contributed by atoms with van der Waals surface area (Å²) in [4.78, 5) is 0. The minimum atomic E-state index is -5.84. The Balaban J connectivity index is -0.000000246. The van der Waals surface area contributed by atoms with Gasteiger partial charge in [-0.25, -0.2) is 0 Å². The van der Waals surface area contributed by atoms with Crippen LogP contribution in [0.3, 0.4) is 0 Å². The topological polar surface area (TPSA) is 109 Å². The molecule has 0 radical (unpaired) electrons. The van der Waals surface area contributed by atoms with Crippen LogP contribution in [0.1, 0.15) is 12.8 Å². The fraction of sp³-hybridized carbons (Fsp3) is 1.00. The van der Waals surface area contributed by atoms with Crippen LogP contribution in [0.2, 0.25) is 0 Å². The van der Waals surface area contributed by atoms with Gasteiger partial charge in [-0.2, -0.15) is 54.9 Å². The lowest BCUT2D eigenvalue weighted by Gasteiger charge is -1.97. The van der Waals surface area contributed by atoms with Crippen LogP contribution in [0.15, 0.2) is 0 Å². The average molecular weight is 516 g/mol.